The third-order valence-corrected chi connectivity index (χ3v) is 5.93. The molecule has 2 heterocycles. The van der Waals surface area contributed by atoms with Gasteiger partial charge < -0.3 is 10.6 Å². The smallest absolute Gasteiger partial charge is 0.184 e. The van der Waals surface area contributed by atoms with Gasteiger partial charge >= 0.3 is 0 Å². The van der Waals surface area contributed by atoms with Gasteiger partial charge in [0.05, 0.1) is 18.0 Å². The first-order valence-corrected chi connectivity index (χ1v) is 9.05. The highest BCUT2D eigenvalue weighted by Crippen LogP contribution is 2.35. The molecule has 6 nitrogen and oxygen atoms in total. The summed E-state index contributed by atoms with van der Waals surface area (Å²) in [6, 6.07) is 5.65. The Morgan fingerprint density at radius 3 is 2.67 bits per heavy atom. The van der Waals surface area contributed by atoms with E-state index in [1.807, 2.05) is 30.0 Å². The van der Waals surface area contributed by atoms with E-state index in [9.17, 15) is 8.42 Å². The SMILES string of the molecule is CCN(Cc1ccccn1)c1snc(N)c1S(=O)(=O)CC. The zero-order chi connectivity index (χ0) is 15.5. The molecular formula is C13H18N4O2S2. The molecule has 0 aromatic carbocycles. The lowest BCUT2D eigenvalue weighted by Crippen LogP contribution is -2.23. The highest BCUT2D eigenvalue weighted by Gasteiger charge is 2.26. The molecule has 2 aromatic rings. The maximum absolute atomic E-state index is 12.2. The van der Waals surface area contributed by atoms with Crippen molar-refractivity contribution in [3.8, 4) is 0 Å². The van der Waals surface area contributed by atoms with E-state index in [4.69, 9.17) is 5.73 Å². The summed E-state index contributed by atoms with van der Waals surface area (Å²) in [5.74, 6) is 0.0837. The summed E-state index contributed by atoms with van der Waals surface area (Å²) in [6.07, 6.45) is 1.72. The van der Waals surface area contributed by atoms with E-state index in [1.165, 1.54) is 0 Å². The Morgan fingerprint density at radius 2 is 2.10 bits per heavy atom. The average molecular weight is 326 g/mol. The van der Waals surface area contributed by atoms with Gasteiger partial charge in [0.25, 0.3) is 0 Å². The quantitative estimate of drug-likeness (QED) is 0.872. The minimum absolute atomic E-state index is 0.00372. The van der Waals surface area contributed by atoms with Crippen LogP contribution in [0, 0.1) is 0 Å². The predicted molar refractivity (Wildman–Crippen MR) is 85.2 cm³/mol. The van der Waals surface area contributed by atoms with Crippen molar-refractivity contribution in [2.45, 2.75) is 25.3 Å². The number of hydrogen-bond donors (Lipinski definition) is 1. The normalized spacial score (nSPS) is 11.5. The Bertz CT molecular complexity index is 698. The minimum atomic E-state index is -3.40. The second-order valence-corrected chi connectivity index (χ2v) is 7.41. The number of aromatic nitrogens is 2. The molecule has 114 valence electrons. The van der Waals surface area contributed by atoms with Crippen LogP contribution < -0.4 is 10.6 Å². The average Bonchev–Trinajstić information content (AvgIpc) is 2.88. The van der Waals surface area contributed by atoms with E-state index in [-0.39, 0.29) is 16.5 Å². The van der Waals surface area contributed by atoms with Crippen LogP contribution in [0.3, 0.4) is 0 Å². The molecule has 2 rings (SSSR count). The molecule has 2 aromatic heterocycles. The van der Waals surface area contributed by atoms with Gasteiger partial charge in [0.2, 0.25) is 0 Å². The van der Waals surface area contributed by atoms with Crippen LogP contribution in [0.2, 0.25) is 0 Å². The van der Waals surface area contributed by atoms with Crippen molar-refractivity contribution in [3.05, 3.63) is 30.1 Å². The van der Waals surface area contributed by atoms with Crippen molar-refractivity contribution >= 4 is 32.2 Å². The van der Waals surface area contributed by atoms with Crippen LogP contribution in [-0.4, -0.2) is 30.1 Å². The van der Waals surface area contributed by atoms with E-state index in [0.29, 0.717) is 18.1 Å². The molecule has 0 atom stereocenters. The van der Waals surface area contributed by atoms with Crippen LogP contribution in [-0.2, 0) is 16.4 Å². The summed E-state index contributed by atoms with van der Waals surface area (Å²) in [4.78, 5) is 6.35. The number of nitrogens with two attached hydrogens (primary N) is 1. The maximum atomic E-state index is 12.2. The molecule has 0 radical (unpaired) electrons. The Balaban J connectivity index is 2.40. The van der Waals surface area contributed by atoms with Crippen molar-refractivity contribution in [1.29, 1.82) is 0 Å². The number of hydrogen-bond acceptors (Lipinski definition) is 7. The molecule has 0 amide bonds. The Kier molecular flexibility index (Phi) is 4.79. The summed E-state index contributed by atoms with van der Waals surface area (Å²) < 4.78 is 28.5. The number of rotatable bonds is 6. The van der Waals surface area contributed by atoms with Crippen LogP contribution in [0.5, 0.6) is 0 Å². The third-order valence-electron chi connectivity index (χ3n) is 3.10. The predicted octanol–water partition coefficient (Wildman–Crippen LogP) is 1.94. The summed E-state index contributed by atoms with van der Waals surface area (Å²) in [7, 11) is -3.40. The van der Waals surface area contributed by atoms with Crippen LogP contribution in [0.1, 0.15) is 19.5 Å². The van der Waals surface area contributed by atoms with Crippen LogP contribution in [0.4, 0.5) is 10.8 Å². The molecule has 0 spiro atoms. The molecule has 0 aliphatic carbocycles. The van der Waals surface area contributed by atoms with Crippen molar-refractivity contribution in [1.82, 2.24) is 9.36 Å². The number of pyridine rings is 1. The fourth-order valence-electron chi connectivity index (χ4n) is 1.94. The number of sulfone groups is 1. The first-order chi connectivity index (χ1) is 9.99. The molecule has 0 bridgehead atoms. The Morgan fingerprint density at radius 1 is 1.33 bits per heavy atom. The van der Waals surface area contributed by atoms with Crippen LogP contribution in [0.15, 0.2) is 29.3 Å². The Labute approximate surface area is 128 Å². The topological polar surface area (TPSA) is 89.2 Å². The van der Waals surface area contributed by atoms with Gasteiger partial charge in [-0.05, 0) is 30.6 Å². The van der Waals surface area contributed by atoms with Crippen LogP contribution >= 0.6 is 11.5 Å². The molecule has 21 heavy (non-hydrogen) atoms. The molecule has 0 unspecified atom stereocenters. The molecule has 0 aliphatic rings. The fourth-order valence-corrected chi connectivity index (χ4v) is 4.31. The van der Waals surface area contributed by atoms with Gasteiger partial charge in [0.15, 0.2) is 15.7 Å². The summed E-state index contributed by atoms with van der Waals surface area (Å²) in [5.41, 5.74) is 6.63. The first kappa shape index (κ1) is 15.7. The lowest BCUT2D eigenvalue weighted by atomic mass is 10.3. The van der Waals surface area contributed by atoms with Gasteiger partial charge in [-0.3, -0.25) is 4.98 Å². The van der Waals surface area contributed by atoms with E-state index in [2.05, 4.69) is 9.36 Å². The van der Waals surface area contributed by atoms with Gasteiger partial charge in [0, 0.05) is 12.7 Å². The molecule has 0 fully saturated rings. The highest BCUT2D eigenvalue weighted by atomic mass is 32.2. The highest BCUT2D eigenvalue weighted by molar-refractivity contribution is 7.91. The monoisotopic (exact) mass is 326 g/mol. The Hall–Kier alpha value is -1.67. The molecule has 2 N–H and O–H groups in total. The van der Waals surface area contributed by atoms with Gasteiger partial charge in [-0.2, -0.15) is 4.37 Å². The summed E-state index contributed by atoms with van der Waals surface area (Å²) in [6.45, 7) is 4.72. The fraction of sp³-hybridized carbons (Fsp3) is 0.385. The van der Waals surface area contributed by atoms with Gasteiger partial charge in [-0.15, -0.1) is 0 Å². The number of anilines is 2. The second kappa shape index (κ2) is 6.40. The number of nitrogen functional groups attached to an aromatic ring is 1. The standard InChI is InChI=1S/C13H18N4O2S2/c1-3-17(9-10-7-5-6-8-15-10)13-11(12(14)16-20-13)21(18,19)4-2/h5-8H,3-4,9H2,1-2H3,(H2,14,16). The molecule has 8 heteroatoms. The van der Waals surface area contributed by atoms with E-state index in [0.717, 1.165) is 17.2 Å². The van der Waals surface area contributed by atoms with E-state index in [1.54, 1.807) is 13.1 Å². The van der Waals surface area contributed by atoms with Crippen molar-refractivity contribution in [2.24, 2.45) is 0 Å². The zero-order valence-corrected chi connectivity index (χ0v) is 13.6. The lowest BCUT2D eigenvalue weighted by Gasteiger charge is -2.21. The summed E-state index contributed by atoms with van der Waals surface area (Å²) >= 11 is 1.11. The molecule has 0 aliphatic heterocycles. The lowest BCUT2D eigenvalue weighted by molar-refractivity contribution is 0.597. The first-order valence-electron chi connectivity index (χ1n) is 6.62. The minimum Gasteiger partial charge on any atom is -0.382 e. The molecule has 0 saturated carbocycles. The van der Waals surface area contributed by atoms with Crippen molar-refractivity contribution < 1.29 is 8.42 Å². The second-order valence-electron chi connectivity index (χ2n) is 4.44. The van der Waals surface area contributed by atoms with Gasteiger partial charge in [-0.25, -0.2) is 8.42 Å². The zero-order valence-electron chi connectivity index (χ0n) is 12.0. The summed E-state index contributed by atoms with van der Waals surface area (Å²) in [5, 5.41) is 0.586. The van der Waals surface area contributed by atoms with Crippen LogP contribution in [0.25, 0.3) is 0 Å². The maximum Gasteiger partial charge on any atom is 0.184 e. The number of nitrogens with zero attached hydrogens (tertiary/aromatic N) is 3. The largest absolute Gasteiger partial charge is 0.382 e. The van der Waals surface area contributed by atoms with Gasteiger partial charge in [0.1, 0.15) is 9.90 Å². The molecular weight excluding hydrogens is 308 g/mol. The van der Waals surface area contributed by atoms with Gasteiger partial charge in [-0.1, -0.05) is 13.0 Å². The third kappa shape index (κ3) is 3.33. The van der Waals surface area contributed by atoms with E-state index < -0.39 is 9.84 Å². The van der Waals surface area contributed by atoms with E-state index >= 15 is 0 Å². The molecule has 0 saturated heterocycles. The van der Waals surface area contributed by atoms with Crippen molar-refractivity contribution in [3.63, 3.8) is 0 Å². The van der Waals surface area contributed by atoms with Crippen molar-refractivity contribution in [2.75, 3.05) is 22.9 Å².